The minimum atomic E-state index is -3.95. The number of benzene rings is 3. The fourth-order valence-corrected chi connectivity index (χ4v) is 4.81. The van der Waals surface area contributed by atoms with Gasteiger partial charge in [0, 0.05) is 17.1 Å². The van der Waals surface area contributed by atoms with Crippen LogP contribution in [-0.2, 0) is 21.2 Å². The molecular weight excluding hydrogens is 505 g/mol. The number of amides is 1. The Morgan fingerprint density at radius 1 is 0.939 bits per heavy atom. The summed E-state index contributed by atoms with van der Waals surface area (Å²) < 4.78 is 27.5. The SMILES string of the molecule is O=C(CN(CCc1ccccc1)S(=O)(=O)c1ccc(Cl)cc1)N/N=C\c1cccc(Cl)c1Cl. The van der Waals surface area contributed by atoms with Gasteiger partial charge in [-0.2, -0.15) is 9.41 Å². The molecule has 33 heavy (non-hydrogen) atoms. The molecule has 0 heterocycles. The third kappa shape index (κ3) is 7.03. The second-order valence-electron chi connectivity index (χ2n) is 6.96. The van der Waals surface area contributed by atoms with Gasteiger partial charge in [0.05, 0.1) is 27.7 Å². The van der Waals surface area contributed by atoms with E-state index in [-0.39, 0.29) is 11.4 Å². The van der Waals surface area contributed by atoms with Crippen LogP contribution in [0, 0.1) is 0 Å². The summed E-state index contributed by atoms with van der Waals surface area (Å²) in [6.45, 7) is -0.315. The van der Waals surface area contributed by atoms with E-state index >= 15 is 0 Å². The van der Waals surface area contributed by atoms with Crippen LogP contribution in [0.25, 0.3) is 0 Å². The normalized spacial score (nSPS) is 11.8. The van der Waals surface area contributed by atoms with Crippen LogP contribution < -0.4 is 5.43 Å². The number of carbonyl (C=O) groups excluding carboxylic acids is 1. The van der Waals surface area contributed by atoms with Crippen LogP contribution >= 0.6 is 34.8 Å². The molecule has 0 saturated heterocycles. The maximum Gasteiger partial charge on any atom is 0.255 e. The van der Waals surface area contributed by atoms with Crippen LogP contribution in [0.3, 0.4) is 0 Å². The highest BCUT2D eigenvalue weighted by atomic mass is 35.5. The van der Waals surface area contributed by atoms with Crippen molar-refractivity contribution in [1.82, 2.24) is 9.73 Å². The predicted octanol–water partition coefficient (Wildman–Crippen LogP) is 5.03. The molecule has 0 unspecified atom stereocenters. The lowest BCUT2D eigenvalue weighted by molar-refractivity contribution is -0.121. The van der Waals surface area contributed by atoms with Gasteiger partial charge in [-0.15, -0.1) is 0 Å². The average Bonchev–Trinajstić information content (AvgIpc) is 2.80. The summed E-state index contributed by atoms with van der Waals surface area (Å²) in [6.07, 6.45) is 1.77. The highest BCUT2D eigenvalue weighted by Crippen LogP contribution is 2.24. The van der Waals surface area contributed by atoms with Gasteiger partial charge in [-0.05, 0) is 42.3 Å². The average molecular weight is 525 g/mol. The number of halogens is 3. The van der Waals surface area contributed by atoms with E-state index in [1.807, 2.05) is 30.3 Å². The Kier molecular flexibility index (Phi) is 8.88. The molecule has 172 valence electrons. The van der Waals surface area contributed by atoms with Crippen molar-refractivity contribution in [1.29, 1.82) is 0 Å². The van der Waals surface area contributed by atoms with Gasteiger partial charge in [0.1, 0.15) is 0 Å². The Balaban J connectivity index is 1.75. The molecule has 1 N–H and O–H groups in total. The van der Waals surface area contributed by atoms with E-state index in [2.05, 4.69) is 10.5 Å². The summed E-state index contributed by atoms with van der Waals surface area (Å²) in [5, 5.41) is 4.94. The number of hydrazone groups is 1. The van der Waals surface area contributed by atoms with Gasteiger partial charge in [-0.3, -0.25) is 4.79 Å². The second-order valence-corrected chi connectivity index (χ2v) is 10.1. The highest BCUT2D eigenvalue weighted by Gasteiger charge is 2.26. The molecule has 0 aliphatic rings. The maximum absolute atomic E-state index is 13.2. The number of carbonyl (C=O) groups is 1. The van der Waals surface area contributed by atoms with Crippen LogP contribution in [0.4, 0.5) is 0 Å². The molecule has 0 saturated carbocycles. The fourth-order valence-electron chi connectivity index (χ4n) is 2.93. The van der Waals surface area contributed by atoms with E-state index in [1.54, 1.807) is 18.2 Å². The summed E-state index contributed by atoms with van der Waals surface area (Å²) in [4.78, 5) is 12.6. The fraction of sp³-hybridized carbons (Fsp3) is 0.130. The Bertz CT molecular complexity index is 1230. The van der Waals surface area contributed by atoms with Gasteiger partial charge in [0.15, 0.2) is 0 Å². The van der Waals surface area contributed by atoms with Crippen molar-refractivity contribution in [3.8, 4) is 0 Å². The molecule has 3 rings (SSSR count). The molecule has 1 amide bonds. The summed E-state index contributed by atoms with van der Waals surface area (Å²) in [5.41, 5.74) is 3.80. The topological polar surface area (TPSA) is 78.8 Å². The molecular formula is C23H20Cl3N3O3S. The van der Waals surface area contributed by atoms with Crippen LogP contribution in [0.15, 0.2) is 82.8 Å². The predicted molar refractivity (Wildman–Crippen MR) is 133 cm³/mol. The first-order valence-electron chi connectivity index (χ1n) is 9.83. The van der Waals surface area contributed by atoms with Crippen molar-refractivity contribution in [2.24, 2.45) is 5.10 Å². The van der Waals surface area contributed by atoms with Gasteiger partial charge < -0.3 is 0 Å². The zero-order valence-electron chi connectivity index (χ0n) is 17.3. The van der Waals surface area contributed by atoms with Gasteiger partial charge in [0.25, 0.3) is 5.91 Å². The molecule has 6 nitrogen and oxygen atoms in total. The van der Waals surface area contributed by atoms with E-state index in [0.29, 0.717) is 27.1 Å². The highest BCUT2D eigenvalue weighted by molar-refractivity contribution is 7.89. The molecule has 3 aromatic carbocycles. The summed E-state index contributed by atoms with van der Waals surface area (Å²) in [6, 6.07) is 20.2. The van der Waals surface area contributed by atoms with Crippen molar-refractivity contribution in [2.45, 2.75) is 11.3 Å². The second kappa shape index (κ2) is 11.6. The molecule has 0 aromatic heterocycles. The zero-order valence-corrected chi connectivity index (χ0v) is 20.4. The Morgan fingerprint density at radius 3 is 2.33 bits per heavy atom. The van der Waals surface area contributed by atoms with Gasteiger partial charge in [-0.1, -0.05) is 77.3 Å². The number of nitrogens with one attached hydrogen (secondary N) is 1. The van der Waals surface area contributed by atoms with E-state index in [4.69, 9.17) is 34.8 Å². The first-order chi connectivity index (χ1) is 15.8. The molecule has 0 fully saturated rings. The number of rotatable bonds is 9. The lowest BCUT2D eigenvalue weighted by Crippen LogP contribution is -2.40. The molecule has 0 aliphatic carbocycles. The summed E-state index contributed by atoms with van der Waals surface area (Å²) in [7, 11) is -3.95. The number of hydrogen-bond donors (Lipinski definition) is 1. The summed E-state index contributed by atoms with van der Waals surface area (Å²) in [5.74, 6) is -0.602. The Morgan fingerprint density at radius 2 is 1.64 bits per heavy atom. The van der Waals surface area contributed by atoms with Gasteiger partial charge in [0.2, 0.25) is 10.0 Å². The largest absolute Gasteiger partial charge is 0.272 e. The lowest BCUT2D eigenvalue weighted by Gasteiger charge is -2.21. The monoisotopic (exact) mass is 523 g/mol. The van der Waals surface area contributed by atoms with Crippen molar-refractivity contribution >= 4 is 56.9 Å². The number of sulfonamides is 1. The smallest absolute Gasteiger partial charge is 0.255 e. The molecule has 0 radical (unpaired) electrons. The van der Waals surface area contributed by atoms with E-state index in [0.717, 1.165) is 9.87 Å². The quantitative estimate of drug-likeness (QED) is 0.315. The van der Waals surface area contributed by atoms with E-state index < -0.39 is 22.5 Å². The first-order valence-corrected chi connectivity index (χ1v) is 12.4. The van der Waals surface area contributed by atoms with E-state index in [9.17, 15) is 13.2 Å². The Hall–Kier alpha value is -2.42. The number of nitrogens with zero attached hydrogens (tertiary/aromatic N) is 2. The molecule has 0 bridgehead atoms. The van der Waals surface area contributed by atoms with Crippen molar-refractivity contribution in [3.63, 3.8) is 0 Å². The molecule has 10 heteroatoms. The van der Waals surface area contributed by atoms with Crippen molar-refractivity contribution < 1.29 is 13.2 Å². The Labute approximate surface area is 207 Å². The standard InChI is InChI=1S/C23H20Cl3N3O3S/c24-19-9-11-20(12-10-19)33(31,32)29(14-13-17-5-2-1-3-6-17)16-22(30)28-27-15-18-7-4-8-21(25)23(18)26/h1-12,15H,13-14,16H2,(H,28,30)/b27-15-. The lowest BCUT2D eigenvalue weighted by atomic mass is 10.1. The third-order valence-corrected chi connectivity index (χ3v) is 7.58. The minimum Gasteiger partial charge on any atom is -0.272 e. The van der Waals surface area contributed by atoms with Crippen molar-refractivity contribution in [3.05, 3.63) is 99.0 Å². The van der Waals surface area contributed by atoms with Crippen LogP contribution in [-0.4, -0.2) is 37.9 Å². The molecule has 0 atom stereocenters. The molecule has 3 aromatic rings. The van der Waals surface area contributed by atoms with Crippen LogP contribution in [0.2, 0.25) is 15.1 Å². The van der Waals surface area contributed by atoms with Crippen LogP contribution in [0.5, 0.6) is 0 Å². The molecule has 0 aliphatic heterocycles. The van der Waals surface area contributed by atoms with Crippen LogP contribution in [0.1, 0.15) is 11.1 Å². The third-order valence-electron chi connectivity index (χ3n) is 4.64. The first kappa shape index (κ1) is 25.2. The van der Waals surface area contributed by atoms with E-state index in [1.165, 1.54) is 30.5 Å². The maximum atomic E-state index is 13.2. The number of hydrogen-bond acceptors (Lipinski definition) is 4. The minimum absolute atomic E-state index is 0.0435. The van der Waals surface area contributed by atoms with Gasteiger partial charge >= 0.3 is 0 Å². The van der Waals surface area contributed by atoms with Crippen molar-refractivity contribution in [2.75, 3.05) is 13.1 Å². The zero-order chi connectivity index (χ0) is 23.8. The molecule has 0 spiro atoms. The summed E-state index contributed by atoms with van der Waals surface area (Å²) >= 11 is 18.0. The van der Waals surface area contributed by atoms with Gasteiger partial charge in [-0.25, -0.2) is 13.8 Å².